The lowest BCUT2D eigenvalue weighted by molar-refractivity contribution is 0.576. The molecule has 1 aromatic rings. The second-order valence-corrected chi connectivity index (χ2v) is 6.05. The molecule has 1 aliphatic carbocycles. The first-order valence-corrected chi connectivity index (χ1v) is 7.45. The molecule has 2 heterocycles. The predicted octanol–water partition coefficient (Wildman–Crippen LogP) is 2.24. The molecule has 2 aliphatic rings. The van der Waals surface area contributed by atoms with Crippen LogP contribution in [0, 0.1) is 0 Å². The molecule has 0 saturated heterocycles. The van der Waals surface area contributed by atoms with Crippen molar-refractivity contribution >= 4 is 9.84 Å². The van der Waals surface area contributed by atoms with Gasteiger partial charge in [-0.15, -0.1) is 0 Å². The minimum atomic E-state index is -3.43. The van der Waals surface area contributed by atoms with Crippen molar-refractivity contribution in [3.63, 3.8) is 0 Å². The normalized spacial score (nSPS) is 11.8. The molecule has 0 N–H and O–H groups in total. The maximum Gasteiger partial charge on any atom is 0.247 e. The Kier molecular flexibility index (Phi) is 2.60. The van der Waals surface area contributed by atoms with Crippen LogP contribution in [0.1, 0.15) is 0 Å². The largest absolute Gasteiger partial charge is 0.454 e. The number of hydrogen-bond acceptors (Lipinski definition) is 5. The first-order valence-electron chi connectivity index (χ1n) is 5.56. The van der Waals surface area contributed by atoms with Gasteiger partial charge in [0.25, 0.3) is 0 Å². The zero-order valence-electron chi connectivity index (χ0n) is 10.1. The topological polar surface area (TPSA) is 73.1 Å². The van der Waals surface area contributed by atoms with Crippen LogP contribution in [-0.4, -0.2) is 24.6 Å². The summed E-state index contributed by atoms with van der Waals surface area (Å²) < 4.78 is 28.5. The van der Waals surface area contributed by atoms with E-state index in [2.05, 4.69) is 9.97 Å². The second-order valence-electron chi connectivity index (χ2n) is 4.14. The summed E-state index contributed by atoms with van der Waals surface area (Å²) >= 11 is 0. The van der Waals surface area contributed by atoms with Crippen LogP contribution in [0.25, 0.3) is 22.8 Å². The van der Waals surface area contributed by atoms with Crippen LogP contribution in [0.4, 0.5) is 0 Å². The van der Waals surface area contributed by atoms with Gasteiger partial charge in [-0.05, 0) is 24.3 Å². The highest BCUT2D eigenvalue weighted by Gasteiger charge is 2.14. The van der Waals surface area contributed by atoms with Crippen molar-refractivity contribution in [2.45, 2.75) is 5.16 Å². The molecule has 0 aromatic carbocycles. The van der Waals surface area contributed by atoms with Gasteiger partial charge in [-0.2, -0.15) is 0 Å². The maximum absolute atomic E-state index is 11.4. The number of fused-ring (bicyclic) bond motifs is 1. The fourth-order valence-corrected chi connectivity index (χ4v) is 2.28. The highest BCUT2D eigenvalue weighted by Crippen LogP contribution is 2.28. The van der Waals surface area contributed by atoms with E-state index in [4.69, 9.17) is 4.42 Å². The highest BCUT2D eigenvalue weighted by molar-refractivity contribution is 7.90. The first-order chi connectivity index (χ1) is 9.04. The van der Waals surface area contributed by atoms with E-state index >= 15 is 0 Å². The summed E-state index contributed by atoms with van der Waals surface area (Å²) in [5, 5.41) is -0.206. The van der Waals surface area contributed by atoms with Crippen LogP contribution >= 0.6 is 0 Å². The third-order valence-corrected chi connectivity index (χ3v) is 3.52. The summed E-state index contributed by atoms with van der Waals surface area (Å²) in [5.41, 5.74) is 1.43. The van der Waals surface area contributed by atoms with E-state index in [9.17, 15) is 8.42 Å². The van der Waals surface area contributed by atoms with Gasteiger partial charge in [-0.3, -0.25) is 0 Å². The summed E-state index contributed by atoms with van der Waals surface area (Å²) in [7, 11) is -3.43. The Morgan fingerprint density at radius 3 is 2.68 bits per heavy atom. The van der Waals surface area contributed by atoms with Crippen LogP contribution in [0.2, 0.25) is 0 Å². The van der Waals surface area contributed by atoms with Crippen molar-refractivity contribution in [2.75, 3.05) is 6.26 Å². The summed E-state index contributed by atoms with van der Waals surface area (Å²) in [6.45, 7) is 0. The number of sulfone groups is 1. The van der Waals surface area contributed by atoms with E-state index in [-0.39, 0.29) is 5.16 Å². The predicted molar refractivity (Wildman–Crippen MR) is 69.5 cm³/mol. The SMILES string of the molecule is CS(=O)(=O)c1nccc(-c2ccc3cccc-3o2)n1. The van der Waals surface area contributed by atoms with E-state index in [0.717, 1.165) is 17.6 Å². The molecule has 1 aliphatic heterocycles. The Morgan fingerprint density at radius 1 is 1.05 bits per heavy atom. The van der Waals surface area contributed by atoms with Crippen molar-refractivity contribution in [1.82, 2.24) is 9.97 Å². The van der Waals surface area contributed by atoms with Gasteiger partial charge < -0.3 is 4.42 Å². The molecule has 0 atom stereocenters. The van der Waals surface area contributed by atoms with Crippen LogP contribution in [-0.2, 0) is 9.84 Å². The zero-order chi connectivity index (χ0) is 13.5. The molecule has 0 unspecified atom stereocenters. The molecule has 0 radical (unpaired) electrons. The monoisotopic (exact) mass is 274 g/mol. The van der Waals surface area contributed by atoms with Crippen LogP contribution in [0.5, 0.6) is 0 Å². The van der Waals surface area contributed by atoms with E-state index in [1.807, 2.05) is 24.3 Å². The minimum absolute atomic E-state index is 0.206. The molecule has 5 nitrogen and oxygen atoms in total. The summed E-state index contributed by atoms with van der Waals surface area (Å²) in [5.74, 6) is 1.24. The molecular weight excluding hydrogens is 264 g/mol. The second kappa shape index (κ2) is 4.17. The van der Waals surface area contributed by atoms with Crippen LogP contribution in [0.15, 0.2) is 52.2 Å². The Labute approximate surface area is 110 Å². The molecule has 0 amide bonds. The number of nitrogens with zero attached hydrogens (tertiary/aromatic N) is 2. The standard InChI is InChI=1S/C13H10N2O3S/c1-19(16,17)13-14-8-7-10(15-13)12-6-5-9-3-2-4-11(9)18-12/h2-8H,1H3. The van der Waals surface area contributed by atoms with Gasteiger partial charge in [0.05, 0.1) is 0 Å². The molecule has 0 saturated carbocycles. The first kappa shape index (κ1) is 11.9. The number of hydrogen-bond donors (Lipinski definition) is 0. The lowest BCUT2D eigenvalue weighted by atomic mass is 10.2. The van der Waals surface area contributed by atoms with Crippen molar-refractivity contribution in [1.29, 1.82) is 0 Å². The Bertz CT molecular complexity index is 808. The van der Waals surface area contributed by atoms with Crippen molar-refractivity contribution in [2.24, 2.45) is 0 Å². The Balaban J connectivity index is 2.14. The van der Waals surface area contributed by atoms with Gasteiger partial charge in [0.1, 0.15) is 11.5 Å². The molecule has 1 aromatic heterocycles. The van der Waals surface area contributed by atoms with Crippen molar-refractivity contribution in [3.8, 4) is 22.8 Å². The number of rotatable bonds is 2. The van der Waals surface area contributed by atoms with Gasteiger partial charge >= 0.3 is 0 Å². The molecule has 0 spiro atoms. The maximum atomic E-state index is 11.4. The Morgan fingerprint density at radius 2 is 1.89 bits per heavy atom. The molecule has 19 heavy (non-hydrogen) atoms. The van der Waals surface area contributed by atoms with Gasteiger partial charge in [0.2, 0.25) is 15.0 Å². The van der Waals surface area contributed by atoms with Crippen molar-refractivity contribution in [3.05, 3.63) is 42.6 Å². The molecule has 96 valence electrons. The molecule has 0 bridgehead atoms. The summed E-state index contributed by atoms with van der Waals surface area (Å²) in [4.78, 5) is 7.76. The van der Waals surface area contributed by atoms with E-state index in [1.54, 1.807) is 12.1 Å². The fraction of sp³-hybridized carbons (Fsp3) is 0.0769. The summed E-state index contributed by atoms with van der Waals surface area (Å²) in [6, 6.07) is 10.9. The average Bonchev–Trinajstić information content (AvgIpc) is 2.85. The fourth-order valence-electron chi connectivity index (χ4n) is 1.76. The van der Waals surface area contributed by atoms with Gasteiger partial charge in [0, 0.05) is 18.0 Å². The quantitative estimate of drug-likeness (QED) is 0.670. The van der Waals surface area contributed by atoms with E-state index in [0.29, 0.717) is 11.5 Å². The van der Waals surface area contributed by atoms with E-state index < -0.39 is 9.84 Å². The average molecular weight is 274 g/mol. The molecular formula is C13H10N2O3S. The lowest BCUT2D eigenvalue weighted by Crippen LogP contribution is -2.04. The lowest BCUT2D eigenvalue weighted by Gasteiger charge is -2.04. The third kappa shape index (κ3) is 2.22. The number of aromatic nitrogens is 2. The molecule has 0 fully saturated rings. The van der Waals surface area contributed by atoms with Crippen LogP contribution < -0.4 is 0 Å². The van der Waals surface area contributed by atoms with Gasteiger partial charge in [-0.1, -0.05) is 12.1 Å². The zero-order valence-corrected chi connectivity index (χ0v) is 10.9. The smallest absolute Gasteiger partial charge is 0.247 e. The highest BCUT2D eigenvalue weighted by atomic mass is 32.2. The molecule has 3 rings (SSSR count). The molecule has 6 heteroatoms. The van der Waals surface area contributed by atoms with Crippen molar-refractivity contribution < 1.29 is 12.8 Å². The van der Waals surface area contributed by atoms with Crippen LogP contribution in [0.3, 0.4) is 0 Å². The Hall–Kier alpha value is -2.21. The van der Waals surface area contributed by atoms with E-state index in [1.165, 1.54) is 6.20 Å². The minimum Gasteiger partial charge on any atom is -0.454 e. The van der Waals surface area contributed by atoms with Gasteiger partial charge in [0.15, 0.2) is 5.76 Å². The summed E-state index contributed by atoms with van der Waals surface area (Å²) in [6.07, 6.45) is 2.48. The van der Waals surface area contributed by atoms with Gasteiger partial charge in [-0.25, -0.2) is 18.4 Å². The third-order valence-electron chi connectivity index (χ3n) is 2.66.